The Labute approximate surface area is 96.6 Å². The van der Waals surface area contributed by atoms with Gasteiger partial charge in [-0.2, -0.15) is 0 Å². The van der Waals surface area contributed by atoms with E-state index in [4.69, 9.17) is 10.5 Å². The SMILES string of the molecule is CC(C)CCOc1ccc(F)cc1[C@H](C)N. The van der Waals surface area contributed by atoms with E-state index in [1.54, 1.807) is 6.07 Å². The monoisotopic (exact) mass is 225 g/mol. The first-order chi connectivity index (χ1) is 7.50. The van der Waals surface area contributed by atoms with Crippen LogP contribution < -0.4 is 10.5 Å². The fraction of sp³-hybridized carbons (Fsp3) is 0.538. The quantitative estimate of drug-likeness (QED) is 0.834. The van der Waals surface area contributed by atoms with Gasteiger partial charge < -0.3 is 10.5 Å². The molecule has 0 heterocycles. The molecule has 90 valence electrons. The minimum atomic E-state index is -0.275. The Morgan fingerprint density at radius 3 is 2.56 bits per heavy atom. The third-order valence-electron chi connectivity index (χ3n) is 2.42. The first-order valence-corrected chi connectivity index (χ1v) is 5.68. The van der Waals surface area contributed by atoms with Crippen LogP contribution in [0.25, 0.3) is 0 Å². The third kappa shape index (κ3) is 3.81. The zero-order chi connectivity index (χ0) is 12.1. The standard InChI is InChI=1S/C13H20FNO/c1-9(2)6-7-16-13-5-4-11(14)8-12(13)10(3)15/h4-5,8-10H,6-7,15H2,1-3H3/t10-/m0/s1. The molecule has 0 radical (unpaired) electrons. The van der Waals surface area contributed by atoms with Crippen LogP contribution in [0.3, 0.4) is 0 Å². The van der Waals surface area contributed by atoms with Gasteiger partial charge in [0.1, 0.15) is 11.6 Å². The maximum Gasteiger partial charge on any atom is 0.124 e. The lowest BCUT2D eigenvalue weighted by Crippen LogP contribution is -2.10. The highest BCUT2D eigenvalue weighted by Crippen LogP contribution is 2.25. The predicted octanol–water partition coefficient (Wildman–Crippen LogP) is 3.27. The van der Waals surface area contributed by atoms with Gasteiger partial charge in [0.15, 0.2) is 0 Å². The molecule has 1 aromatic carbocycles. The molecule has 16 heavy (non-hydrogen) atoms. The van der Waals surface area contributed by atoms with Crippen molar-refractivity contribution in [1.29, 1.82) is 0 Å². The number of hydrogen-bond acceptors (Lipinski definition) is 2. The molecule has 2 nitrogen and oxygen atoms in total. The van der Waals surface area contributed by atoms with Gasteiger partial charge in [0, 0.05) is 11.6 Å². The highest BCUT2D eigenvalue weighted by atomic mass is 19.1. The van der Waals surface area contributed by atoms with Gasteiger partial charge >= 0.3 is 0 Å². The molecule has 0 aliphatic rings. The van der Waals surface area contributed by atoms with Gasteiger partial charge in [-0.3, -0.25) is 0 Å². The van der Waals surface area contributed by atoms with Gasteiger partial charge in [-0.1, -0.05) is 13.8 Å². The third-order valence-corrected chi connectivity index (χ3v) is 2.42. The van der Waals surface area contributed by atoms with E-state index in [1.807, 2.05) is 6.92 Å². The van der Waals surface area contributed by atoms with E-state index >= 15 is 0 Å². The van der Waals surface area contributed by atoms with Crippen molar-refractivity contribution < 1.29 is 9.13 Å². The first kappa shape index (κ1) is 13.0. The smallest absolute Gasteiger partial charge is 0.124 e. The molecule has 1 aromatic rings. The molecule has 2 N–H and O–H groups in total. The molecule has 0 bridgehead atoms. The topological polar surface area (TPSA) is 35.2 Å². The zero-order valence-corrected chi connectivity index (χ0v) is 10.2. The van der Waals surface area contributed by atoms with Crippen LogP contribution in [0.15, 0.2) is 18.2 Å². The average Bonchev–Trinajstić information content (AvgIpc) is 2.19. The van der Waals surface area contributed by atoms with Crippen LogP contribution in [0.1, 0.15) is 38.8 Å². The maximum atomic E-state index is 13.0. The van der Waals surface area contributed by atoms with E-state index in [1.165, 1.54) is 12.1 Å². The Hall–Kier alpha value is -1.09. The highest BCUT2D eigenvalue weighted by molar-refractivity contribution is 5.36. The number of rotatable bonds is 5. The fourth-order valence-corrected chi connectivity index (χ4v) is 1.41. The van der Waals surface area contributed by atoms with E-state index in [0.29, 0.717) is 18.3 Å². The van der Waals surface area contributed by atoms with Gasteiger partial charge in [-0.25, -0.2) is 4.39 Å². The minimum absolute atomic E-state index is 0.218. The second-order valence-electron chi connectivity index (χ2n) is 4.50. The Balaban J connectivity index is 2.71. The number of halogens is 1. The number of ether oxygens (including phenoxy) is 1. The average molecular weight is 225 g/mol. The predicted molar refractivity (Wildman–Crippen MR) is 64.0 cm³/mol. The van der Waals surface area contributed by atoms with Crippen LogP contribution >= 0.6 is 0 Å². The maximum absolute atomic E-state index is 13.0. The van der Waals surface area contributed by atoms with E-state index in [9.17, 15) is 4.39 Å². The molecular formula is C13H20FNO. The van der Waals surface area contributed by atoms with Crippen LogP contribution in [0, 0.1) is 11.7 Å². The van der Waals surface area contributed by atoms with Crippen LogP contribution in [-0.2, 0) is 0 Å². The summed E-state index contributed by atoms with van der Waals surface area (Å²) >= 11 is 0. The zero-order valence-electron chi connectivity index (χ0n) is 10.2. The lowest BCUT2D eigenvalue weighted by Gasteiger charge is -2.14. The van der Waals surface area contributed by atoms with Crippen molar-refractivity contribution in [3.05, 3.63) is 29.6 Å². The fourth-order valence-electron chi connectivity index (χ4n) is 1.41. The molecule has 0 amide bonds. The molecule has 0 unspecified atom stereocenters. The van der Waals surface area contributed by atoms with Crippen molar-refractivity contribution in [3.63, 3.8) is 0 Å². The molecule has 0 spiro atoms. The summed E-state index contributed by atoms with van der Waals surface area (Å²) in [6.07, 6.45) is 0.982. The van der Waals surface area contributed by atoms with Crippen LogP contribution in [0.2, 0.25) is 0 Å². The summed E-state index contributed by atoms with van der Waals surface area (Å²) < 4.78 is 18.7. The van der Waals surface area contributed by atoms with E-state index in [2.05, 4.69) is 13.8 Å². The number of benzene rings is 1. The summed E-state index contributed by atoms with van der Waals surface area (Å²) in [6.45, 7) is 6.74. The van der Waals surface area contributed by atoms with Crippen molar-refractivity contribution in [2.45, 2.75) is 33.2 Å². The summed E-state index contributed by atoms with van der Waals surface area (Å²) in [5.74, 6) is 1.01. The van der Waals surface area contributed by atoms with Gasteiger partial charge in [0.2, 0.25) is 0 Å². The minimum Gasteiger partial charge on any atom is -0.493 e. The lowest BCUT2D eigenvalue weighted by molar-refractivity contribution is 0.285. The van der Waals surface area contributed by atoms with Gasteiger partial charge in [0.25, 0.3) is 0 Å². The largest absolute Gasteiger partial charge is 0.493 e. The van der Waals surface area contributed by atoms with E-state index in [-0.39, 0.29) is 11.9 Å². The second kappa shape index (κ2) is 5.85. The molecule has 3 heteroatoms. The summed E-state index contributed by atoms with van der Waals surface area (Å²) in [5.41, 5.74) is 6.49. The lowest BCUT2D eigenvalue weighted by atomic mass is 10.1. The van der Waals surface area contributed by atoms with Crippen LogP contribution in [0.5, 0.6) is 5.75 Å². The molecule has 0 aliphatic heterocycles. The first-order valence-electron chi connectivity index (χ1n) is 5.68. The molecule has 0 saturated carbocycles. The Bertz CT molecular complexity index is 337. The number of nitrogens with two attached hydrogens (primary N) is 1. The van der Waals surface area contributed by atoms with Crippen molar-refractivity contribution in [1.82, 2.24) is 0 Å². The van der Waals surface area contributed by atoms with E-state index in [0.717, 1.165) is 12.0 Å². The Morgan fingerprint density at radius 2 is 2.00 bits per heavy atom. The molecule has 1 rings (SSSR count). The molecule has 0 saturated heterocycles. The van der Waals surface area contributed by atoms with Gasteiger partial charge in [-0.15, -0.1) is 0 Å². The van der Waals surface area contributed by atoms with Crippen molar-refractivity contribution in [3.8, 4) is 5.75 Å². The van der Waals surface area contributed by atoms with Crippen LogP contribution in [-0.4, -0.2) is 6.61 Å². The molecule has 0 aliphatic carbocycles. The van der Waals surface area contributed by atoms with Crippen LogP contribution in [0.4, 0.5) is 4.39 Å². The summed E-state index contributed by atoms with van der Waals surface area (Å²) in [5, 5.41) is 0. The Kier molecular flexibility index (Phi) is 4.74. The molecular weight excluding hydrogens is 205 g/mol. The summed E-state index contributed by atoms with van der Waals surface area (Å²) in [6, 6.07) is 4.27. The highest BCUT2D eigenvalue weighted by Gasteiger charge is 2.09. The number of hydrogen-bond donors (Lipinski definition) is 1. The van der Waals surface area contributed by atoms with Crippen molar-refractivity contribution in [2.75, 3.05) is 6.61 Å². The van der Waals surface area contributed by atoms with Gasteiger partial charge in [-0.05, 0) is 37.5 Å². The molecule has 0 aromatic heterocycles. The van der Waals surface area contributed by atoms with E-state index < -0.39 is 0 Å². The summed E-state index contributed by atoms with van der Waals surface area (Å²) in [4.78, 5) is 0. The molecule has 0 fully saturated rings. The van der Waals surface area contributed by atoms with Crippen molar-refractivity contribution >= 4 is 0 Å². The molecule has 1 atom stereocenters. The Morgan fingerprint density at radius 1 is 1.31 bits per heavy atom. The normalized spacial score (nSPS) is 12.9. The second-order valence-corrected chi connectivity index (χ2v) is 4.50. The summed E-state index contributed by atoms with van der Waals surface area (Å²) in [7, 11) is 0. The van der Waals surface area contributed by atoms with Gasteiger partial charge in [0.05, 0.1) is 6.61 Å². The van der Waals surface area contributed by atoms with Crippen molar-refractivity contribution in [2.24, 2.45) is 11.7 Å².